The fourth-order valence-electron chi connectivity index (χ4n) is 2.17. The van der Waals surface area contributed by atoms with Crippen molar-refractivity contribution in [1.82, 2.24) is 5.32 Å². The number of hydrogen-bond acceptors (Lipinski definition) is 5. The number of amides is 1. The van der Waals surface area contributed by atoms with E-state index in [2.05, 4.69) is 10.3 Å². The molecule has 0 atom stereocenters. The van der Waals surface area contributed by atoms with E-state index in [4.69, 9.17) is 4.42 Å². The zero-order valence-corrected chi connectivity index (χ0v) is 13.8. The number of nitrogens with zero attached hydrogens (tertiary/aromatic N) is 1. The van der Waals surface area contributed by atoms with Crippen molar-refractivity contribution in [1.29, 1.82) is 0 Å². The number of aromatic carboxylic acids is 1. The van der Waals surface area contributed by atoms with Gasteiger partial charge in [-0.2, -0.15) is 0 Å². The second kappa shape index (κ2) is 6.37. The SMILES string of the molecule is Cc1ccc(C(=O)O)c(N=C2NC(=O)/C(=C/c3ccc(C)o3)S2)c1. The van der Waals surface area contributed by atoms with Gasteiger partial charge in [0.2, 0.25) is 0 Å². The van der Waals surface area contributed by atoms with Gasteiger partial charge in [-0.05, 0) is 55.4 Å². The molecule has 1 fully saturated rings. The first-order chi connectivity index (χ1) is 11.4. The van der Waals surface area contributed by atoms with Crippen LogP contribution in [0.1, 0.15) is 27.4 Å². The molecule has 1 saturated heterocycles. The maximum absolute atomic E-state index is 12.0. The highest BCUT2D eigenvalue weighted by Gasteiger charge is 2.25. The smallest absolute Gasteiger partial charge is 0.337 e. The molecule has 0 saturated carbocycles. The van der Waals surface area contributed by atoms with Gasteiger partial charge in [0, 0.05) is 6.08 Å². The first kappa shape index (κ1) is 16.1. The van der Waals surface area contributed by atoms with Gasteiger partial charge < -0.3 is 14.8 Å². The molecule has 0 spiro atoms. The summed E-state index contributed by atoms with van der Waals surface area (Å²) in [5.74, 6) is -0.0268. The number of carbonyl (C=O) groups is 2. The third kappa shape index (κ3) is 3.41. The van der Waals surface area contributed by atoms with Crippen molar-refractivity contribution in [3.8, 4) is 0 Å². The molecule has 0 bridgehead atoms. The largest absolute Gasteiger partial charge is 0.478 e. The average Bonchev–Trinajstić information content (AvgIpc) is 3.05. The Kier molecular flexibility index (Phi) is 4.26. The van der Waals surface area contributed by atoms with Crippen LogP contribution in [0.2, 0.25) is 0 Å². The minimum absolute atomic E-state index is 0.0852. The number of carboxylic acids is 1. The molecule has 2 heterocycles. The highest BCUT2D eigenvalue weighted by atomic mass is 32.2. The van der Waals surface area contributed by atoms with Gasteiger partial charge in [0.1, 0.15) is 11.5 Å². The number of hydrogen-bond donors (Lipinski definition) is 2. The van der Waals surface area contributed by atoms with Crippen LogP contribution in [0.4, 0.5) is 5.69 Å². The predicted molar refractivity (Wildman–Crippen MR) is 92.4 cm³/mol. The molecule has 3 rings (SSSR count). The lowest BCUT2D eigenvalue weighted by Crippen LogP contribution is -2.19. The molecular weight excluding hydrogens is 328 g/mol. The van der Waals surface area contributed by atoms with E-state index in [0.29, 0.717) is 21.5 Å². The standard InChI is InChI=1S/C17H14N2O4S/c1-9-3-6-12(16(21)22)13(7-9)18-17-19-15(20)14(24-17)8-11-5-4-10(2)23-11/h3-8H,1-2H3,(H,21,22)(H,18,19,20)/b14-8-. The molecule has 7 heteroatoms. The lowest BCUT2D eigenvalue weighted by molar-refractivity contribution is -0.115. The zero-order valence-electron chi connectivity index (χ0n) is 13.0. The molecule has 1 aromatic carbocycles. The van der Waals surface area contributed by atoms with Crippen LogP contribution in [-0.4, -0.2) is 22.2 Å². The van der Waals surface area contributed by atoms with Gasteiger partial charge in [0.25, 0.3) is 5.91 Å². The van der Waals surface area contributed by atoms with Crippen molar-refractivity contribution in [2.45, 2.75) is 13.8 Å². The summed E-state index contributed by atoms with van der Waals surface area (Å²) in [7, 11) is 0. The fourth-order valence-corrected chi connectivity index (χ4v) is 2.98. The first-order valence-corrected chi connectivity index (χ1v) is 7.94. The summed E-state index contributed by atoms with van der Waals surface area (Å²) < 4.78 is 5.43. The third-order valence-corrected chi connectivity index (χ3v) is 4.20. The molecule has 122 valence electrons. The van der Waals surface area contributed by atoms with Gasteiger partial charge in [-0.15, -0.1) is 0 Å². The van der Waals surface area contributed by atoms with Gasteiger partial charge in [-0.1, -0.05) is 6.07 Å². The summed E-state index contributed by atoms with van der Waals surface area (Å²) in [6.07, 6.45) is 1.63. The number of aliphatic imine (C=N–C) groups is 1. The Morgan fingerprint density at radius 3 is 2.75 bits per heavy atom. The third-order valence-electron chi connectivity index (χ3n) is 3.29. The molecule has 2 N–H and O–H groups in total. The average molecular weight is 342 g/mol. The van der Waals surface area contributed by atoms with Crippen LogP contribution < -0.4 is 5.32 Å². The summed E-state index contributed by atoms with van der Waals surface area (Å²) in [5.41, 5.74) is 1.28. The molecule has 1 aliphatic rings. The van der Waals surface area contributed by atoms with E-state index in [1.165, 1.54) is 6.07 Å². The maximum atomic E-state index is 12.0. The quantitative estimate of drug-likeness (QED) is 0.833. The van der Waals surface area contributed by atoms with Crippen LogP contribution in [0.25, 0.3) is 6.08 Å². The number of nitrogens with one attached hydrogen (secondary N) is 1. The Hall–Kier alpha value is -2.80. The molecule has 1 amide bonds. The van der Waals surface area contributed by atoms with E-state index >= 15 is 0 Å². The zero-order chi connectivity index (χ0) is 17.3. The van der Waals surface area contributed by atoms with E-state index < -0.39 is 5.97 Å². The van der Waals surface area contributed by atoms with Crippen LogP contribution in [0.15, 0.2) is 44.6 Å². The van der Waals surface area contributed by atoms with Crippen molar-refractivity contribution >= 4 is 40.6 Å². The number of benzene rings is 1. The van der Waals surface area contributed by atoms with E-state index in [0.717, 1.165) is 23.1 Å². The molecule has 1 aromatic heterocycles. The van der Waals surface area contributed by atoms with Gasteiger partial charge in [0.15, 0.2) is 5.17 Å². The maximum Gasteiger partial charge on any atom is 0.337 e. The normalized spacial score (nSPS) is 17.5. The first-order valence-electron chi connectivity index (χ1n) is 7.12. The molecule has 1 aliphatic heterocycles. The van der Waals surface area contributed by atoms with Crippen LogP contribution >= 0.6 is 11.8 Å². The van der Waals surface area contributed by atoms with Gasteiger partial charge >= 0.3 is 5.97 Å². The van der Waals surface area contributed by atoms with Crippen molar-refractivity contribution in [2.24, 2.45) is 4.99 Å². The number of carbonyl (C=O) groups excluding carboxylic acids is 1. The molecular formula is C17H14N2O4S. The predicted octanol–water partition coefficient (Wildman–Crippen LogP) is 3.49. The van der Waals surface area contributed by atoms with Crippen LogP contribution in [0.5, 0.6) is 0 Å². The molecule has 0 unspecified atom stereocenters. The summed E-state index contributed by atoms with van der Waals surface area (Å²) in [5, 5.41) is 12.2. The van der Waals surface area contributed by atoms with Gasteiger partial charge in [-0.25, -0.2) is 9.79 Å². The number of amidine groups is 1. The van der Waals surface area contributed by atoms with Crippen LogP contribution in [0.3, 0.4) is 0 Å². The van der Waals surface area contributed by atoms with Gasteiger partial charge in [0.05, 0.1) is 16.2 Å². The van der Waals surface area contributed by atoms with Crippen LogP contribution in [0, 0.1) is 13.8 Å². The minimum atomic E-state index is -1.06. The number of carboxylic acid groups (broad SMARTS) is 1. The second-order valence-corrected chi connectivity index (χ2v) is 6.29. The summed E-state index contributed by atoms with van der Waals surface area (Å²) in [4.78, 5) is 28.0. The monoisotopic (exact) mass is 342 g/mol. The molecule has 6 nitrogen and oxygen atoms in total. The van der Waals surface area contributed by atoms with Crippen molar-refractivity contribution in [3.05, 3.63) is 57.9 Å². The van der Waals surface area contributed by atoms with Gasteiger partial charge in [-0.3, -0.25) is 4.79 Å². The highest BCUT2D eigenvalue weighted by Crippen LogP contribution is 2.30. The summed E-state index contributed by atoms with van der Waals surface area (Å²) in [6, 6.07) is 8.46. The Morgan fingerprint density at radius 2 is 2.08 bits per heavy atom. The number of rotatable bonds is 3. The Labute approximate surface area is 142 Å². The minimum Gasteiger partial charge on any atom is -0.478 e. The topological polar surface area (TPSA) is 91.9 Å². The lowest BCUT2D eigenvalue weighted by atomic mass is 10.1. The van der Waals surface area contributed by atoms with Crippen LogP contribution in [-0.2, 0) is 4.79 Å². The highest BCUT2D eigenvalue weighted by molar-refractivity contribution is 8.18. The lowest BCUT2D eigenvalue weighted by Gasteiger charge is -2.03. The van der Waals surface area contributed by atoms with Crippen molar-refractivity contribution in [2.75, 3.05) is 0 Å². The number of furan rings is 1. The second-order valence-electron chi connectivity index (χ2n) is 5.26. The molecule has 2 aromatic rings. The van der Waals surface area contributed by atoms with E-state index in [1.807, 2.05) is 19.9 Å². The summed E-state index contributed by atoms with van der Waals surface area (Å²) in [6.45, 7) is 3.67. The Balaban J connectivity index is 1.91. The Bertz CT molecular complexity index is 896. The van der Waals surface area contributed by atoms with Crippen molar-refractivity contribution in [3.63, 3.8) is 0 Å². The number of thioether (sulfide) groups is 1. The molecule has 24 heavy (non-hydrogen) atoms. The molecule has 0 aliphatic carbocycles. The van der Waals surface area contributed by atoms with E-state index in [1.54, 1.807) is 24.3 Å². The van der Waals surface area contributed by atoms with E-state index in [-0.39, 0.29) is 11.5 Å². The van der Waals surface area contributed by atoms with E-state index in [9.17, 15) is 14.7 Å². The molecule has 0 radical (unpaired) electrons. The number of aryl methyl sites for hydroxylation is 2. The Morgan fingerprint density at radius 1 is 1.29 bits per heavy atom. The summed E-state index contributed by atoms with van der Waals surface area (Å²) >= 11 is 1.14. The van der Waals surface area contributed by atoms with Crippen molar-refractivity contribution < 1.29 is 19.1 Å². The fraction of sp³-hybridized carbons (Fsp3) is 0.118.